The van der Waals surface area contributed by atoms with Crippen molar-refractivity contribution in [2.24, 2.45) is 0 Å². The lowest BCUT2D eigenvalue weighted by atomic mass is 10.2. The normalized spacial score (nSPS) is 10.6. The first kappa shape index (κ1) is 13.5. The van der Waals surface area contributed by atoms with E-state index >= 15 is 0 Å². The number of ether oxygens (including phenoxy) is 1. The lowest BCUT2D eigenvalue weighted by Gasteiger charge is -2.08. The second kappa shape index (κ2) is 6.32. The largest absolute Gasteiger partial charge is 0.491 e. The van der Waals surface area contributed by atoms with Crippen LogP contribution >= 0.6 is 0 Å². The predicted molar refractivity (Wildman–Crippen MR) is 76.5 cm³/mol. The summed E-state index contributed by atoms with van der Waals surface area (Å²) in [5.41, 5.74) is 1.90. The van der Waals surface area contributed by atoms with Gasteiger partial charge in [-0.2, -0.15) is 0 Å². The molecule has 0 N–H and O–H groups in total. The van der Waals surface area contributed by atoms with Crippen LogP contribution in [-0.2, 0) is 4.79 Å². The van der Waals surface area contributed by atoms with Gasteiger partial charge in [-0.3, -0.25) is 0 Å². The first-order chi connectivity index (χ1) is 9.16. The maximum Gasteiger partial charge on any atom is 0.145 e. The summed E-state index contributed by atoms with van der Waals surface area (Å²) in [5.74, 6) is 1.06. The fourth-order valence-electron chi connectivity index (χ4n) is 1.99. The Morgan fingerprint density at radius 3 is 2.84 bits per heavy atom. The number of unbranched alkanes of at least 4 members (excludes halogenated alkanes) is 1. The van der Waals surface area contributed by atoms with Crippen molar-refractivity contribution < 1.29 is 9.53 Å². The number of fused-ring (bicyclic) bond motifs is 1. The fourth-order valence-corrected chi connectivity index (χ4v) is 1.99. The molecule has 0 amide bonds. The highest BCUT2D eigenvalue weighted by molar-refractivity contribution is 5.84. The Kier molecular flexibility index (Phi) is 4.50. The molecule has 2 aromatic rings. The molecule has 0 aliphatic carbocycles. The van der Waals surface area contributed by atoms with Crippen LogP contribution in [0, 0.1) is 6.92 Å². The molecule has 0 bridgehead atoms. The van der Waals surface area contributed by atoms with E-state index in [0.717, 1.165) is 35.2 Å². The molecule has 3 heteroatoms. The number of rotatable bonds is 6. The van der Waals surface area contributed by atoms with E-state index in [0.29, 0.717) is 13.0 Å². The highest BCUT2D eigenvalue weighted by Crippen LogP contribution is 2.24. The molecule has 100 valence electrons. The Bertz CT molecular complexity index is 578. The summed E-state index contributed by atoms with van der Waals surface area (Å²) in [4.78, 5) is 15.4. The van der Waals surface area contributed by atoms with Gasteiger partial charge in [0.1, 0.15) is 17.0 Å². The molecule has 0 saturated heterocycles. The van der Waals surface area contributed by atoms with Gasteiger partial charge in [0.15, 0.2) is 0 Å². The number of aryl methyl sites for hydroxylation is 1. The molecule has 0 fully saturated rings. The zero-order valence-electron chi connectivity index (χ0n) is 11.5. The van der Waals surface area contributed by atoms with Crippen molar-refractivity contribution in [3.8, 4) is 5.75 Å². The second-order valence-corrected chi connectivity index (χ2v) is 4.79. The number of hydrogen-bond donors (Lipinski definition) is 0. The van der Waals surface area contributed by atoms with Gasteiger partial charge in [0.2, 0.25) is 0 Å². The standard InChI is InChI=1S/C16H19NO2/c1-12-9-10-14-7-5-8-15(16(14)17-12)19-11-4-3-6-13(2)18/h5,7-10H,3-4,6,11H2,1-2H3. The Balaban J connectivity index is 2.00. The summed E-state index contributed by atoms with van der Waals surface area (Å²) in [6, 6.07) is 10.0. The van der Waals surface area contributed by atoms with E-state index in [-0.39, 0.29) is 5.78 Å². The number of para-hydroxylation sites is 1. The quantitative estimate of drug-likeness (QED) is 0.741. The number of pyridine rings is 1. The molecule has 19 heavy (non-hydrogen) atoms. The summed E-state index contributed by atoms with van der Waals surface area (Å²) in [7, 11) is 0. The van der Waals surface area contributed by atoms with Gasteiger partial charge >= 0.3 is 0 Å². The SMILES string of the molecule is CC(=O)CCCCOc1cccc2ccc(C)nc12. The smallest absolute Gasteiger partial charge is 0.145 e. The summed E-state index contributed by atoms with van der Waals surface area (Å²) in [6.45, 7) is 4.23. The van der Waals surface area contributed by atoms with Crippen molar-refractivity contribution >= 4 is 16.7 Å². The van der Waals surface area contributed by atoms with E-state index < -0.39 is 0 Å². The second-order valence-electron chi connectivity index (χ2n) is 4.79. The van der Waals surface area contributed by atoms with Crippen LogP contribution in [0.3, 0.4) is 0 Å². The van der Waals surface area contributed by atoms with Crippen LogP contribution in [0.2, 0.25) is 0 Å². The van der Waals surface area contributed by atoms with Gasteiger partial charge in [-0.15, -0.1) is 0 Å². The number of ketones is 1. The number of hydrogen-bond acceptors (Lipinski definition) is 3. The van der Waals surface area contributed by atoms with Crippen molar-refractivity contribution in [1.29, 1.82) is 0 Å². The molecule has 3 nitrogen and oxygen atoms in total. The monoisotopic (exact) mass is 257 g/mol. The van der Waals surface area contributed by atoms with E-state index in [2.05, 4.69) is 11.1 Å². The Morgan fingerprint density at radius 2 is 2.05 bits per heavy atom. The minimum atomic E-state index is 0.238. The van der Waals surface area contributed by atoms with Gasteiger partial charge in [0.25, 0.3) is 0 Å². The minimum absolute atomic E-state index is 0.238. The van der Waals surface area contributed by atoms with E-state index in [9.17, 15) is 4.79 Å². The van der Waals surface area contributed by atoms with Crippen LogP contribution in [0.15, 0.2) is 30.3 Å². The number of carbonyl (C=O) groups is 1. The first-order valence-corrected chi connectivity index (χ1v) is 6.65. The number of aromatic nitrogens is 1. The zero-order chi connectivity index (χ0) is 13.7. The maximum absolute atomic E-state index is 10.8. The van der Waals surface area contributed by atoms with Crippen molar-refractivity contribution in [3.63, 3.8) is 0 Å². The molecule has 0 saturated carbocycles. The van der Waals surface area contributed by atoms with E-state index in [1.54, 1.807) is 6.92 Å². The lowest BCUT2D eigenvalue weighted by Crippen LogP contribution is -2.00. The summed E-state index contributed by atoms with van der Waals surface area (Å²) in [6.07, 6.45) is 2.41. The summed E-state index contributed by atoms with van der Waals surface area (Å²) >= 11 is 0. The van der Waals surface area contributed by atoms with Gasteiger partial charge in [0.05, 0.1) is 6.61 Å². The topological polar surface area (TPSA) is 39.2 Å². The maximum atomic E-state index is 10.8. The van der Waals surface area contributed by atoms with Gasteiger partial charge < -0.3 is 9.53 Å². The van der Waals surface area contributed by atoms with Crippen LogP contribution in [-0.4, -0.2) is 17.4 Å². The van der Waals surface area contributed by atoms with E-state index in [4.69, 9.17) is 4.74 Å². The van der Waals surface area contributed by atoms with Crippen LogP contribution in [0.1, 0.15) is 31.9 Å². The van der Waals surface area contributed by atoms with Crippen molar-refractivity contribution in [1.82, 2.24) is 4.98 Å². The van der Waals surface area contributed by atoms with Crippen LogP contribution in [0.25, 0.3) is 10.9 Å². The van der Waals surface area contributed by atoms with Gasteiger partial charge in [0, 0.05) is 17.5 Å². The highest BCUT2D eigenvalue weighted by atomic mass is 16.5. The molecular formula is C16H19NO2. The van der Waals surface area contributed by atoms with E-state index in [1.807, 2.05) is 31.2 Å². The Labute approximate surface area is 113 Å². The average Bonchev–Trinajstić information content (AvgIpc) is 2.38. The number of nitrogens with zero attached hydrogens (tertiary/aromatic N) is 1. The molecule has 0 spiro atoms. The number of carbonyl (C=O) groups excluding carboxylic acids is 1. The molecule has 0 radical (unpaired) electrons. The van der Waals surface area contributed by atoms with Gasteiger partial charge in [-0.1, -0.05) is 18.2 Å². The third kappa shape index (κ3) is 3.78. The van der Waals surface area contributed by atoms with Crippen LogP contribution < -0.4 is 4.74 Å². The molecule has 1 aromatic carbocycles. The zero-order valence-corrected chi connectivity index (χ0v) is 11.5. The third-order valence-corrected chi connectivity index (χ3v) is 3.00. The molecule has 0 atom stereocenters. The van der Waals surface area contributed by atoms with Gasteiger partial charge in [-0.05, 0) is 38.8 Å². The van der Waals surface area contributed by atoms with Crippen LogP contribution in [0.4, 0.5) is 0 Å². The summed E-state index contributed by atoms with van der Waals surface area (Å²) < 4.78 is 5.78. The van der Waals surface area contributed by atoms with Crippen molar-refractivity contribution in [3.05, 3.63) is 36.0 Å². The molecule has 0 aliphatic heterocycles. The molecule has 0 unspecified atom stereocenters. The molecular weight excluding hydrogens is 238 g/mol. The van der Waals surface area contributed by atoms with Crippen LogP contribution in [0.5, 0.6) is 5.75 Å². The highest BCUT2D eigenvalue weighted by Gasteiger charge is 2.03. The molecule has 1 heterocycles. The number of Topliss-reactive ketones (excluding diaryl/α,β-unsaturated/α-hetero) is 1. The van der Waals surface area contributed by atoms with Gasteiger partial charge in [-0.25, -0.2) is 4.98 Å². The van der Waals surface area contributed by atoms with Crippen molar-refractivity contribution in [2.45, 2.75) is 33.1 Å². The molecule has 0 aliphatic rings. The summed E-state index contributed by atoms with van der Waals surface area (Å²) in [5, 5.41) is 1.09. The molecule has 2 rings (SSSR count). The average molecular weight is 257 g/mol. The first-order valence-electron chi connectivity index (χ1n) is 6.65. The van der Waals surface area contributed by atoms with Crippen molar-refractivity contribution in [2.75, 3.05) is 6.61 Å². The van der Waals surface area contributed by atoms with E-state index in [1.165, 1.54) is 0 Å². The number of benzene rings is 1. The lowest BCUT2D eigenvalue weighted by molar-refractivity contribution is -0.117. The molecule has 1 aromatic heterocycles. The predicted octanol–water partition coefficient (Wildman–Crippen LogP) is 3.68. The minimum Gasteiger partial charge on any atom is -0.491 e. The third-order valence-electron chi connectivity index (χ3n) is 3.00. The Hall–Kier alpha value is -1.90. The Morgan fingerprint density at radius 1 is 1.21 bits per heavy atom. The fraction of sp³-hybridized carbons (Fsp3) is 0.375.